The van der Waals surface area contributed by atoms with E-state index in [1.54, 1.807) is 0 Å². The van der Waals surface area contributed by atoms with E-state index in [2.05, 4.69) is 13.2 Å². The van der Waals surface area contributed by atoms with Crippen molar-refractivity contribution in [1.82, 2.24) is 0 Å². The minimum atomic E-state index is -1.28. The van der Waals surface area contributed by atoms with Gasteiger partial charge in [0.05, 0.1) is 36.2 Å². The monoisotopic (exact) mass is 376 g/mol. The molecule has 0 bridgehead atoms. The molecule has 0 aromatic rings. The lowest BCUT2D eigenvalue weighted by atomic mass is 9.77. The zero-order valence-electron chi connectivity index (χ0n) is 15.2. The molecule has 0 radical (unpaired) electrons. The van der Waals surface area contributed by atoms with Crippen LogP contribution in [0, 0.1) is 11.8 Å². The van der Waals surface area contributed by atoms with E-state index in [-0.39, 0.29) is 17.6 Å². The second-order valence-electron chi connectivity index (χ2n) is 7.30. The molecule has 7 heteroatoms. The SMILES string of the molecule is C=C1C(=O)OC2C1[C@H](OC(=O)/C(=C/CO)CO)CC(=C)[C@]1(O)CC=C(C)C21. The molecule has 1 aliphatic heterocycles. The fraction of sp³-hybridized carbons (Fsp3) is 0.500. The molecule has 27 heavy (non-hydrogen) atoms. The van der Waals surface area contributed by atoms with Crippen LogP contribution in [0.3, 0.4) is 0 Å². The topological polar surface area (TPSA) is 113 Å². The van der Waals surface area contributed by atoms with Crippen molar-refractivity contribution in [1.29, 1.82) is 0 Å². The molecule has 3 N–H and O–H groups in total. The number of ether oxygens (including phenoxy) is 2. The van der Waals surface area contributed by atoms with Gasteiger partial charge in [0.1, 0.15) is 12.2 Å². The Bertz CT molecular complexity index is 762. The number of carbonyl (C=O) groups is 2. The van der Waals surface area contributed by atoms with Crippen LogP contribution in [0.25, 0.3) is 0 Å². The minimum Gasteiger partial charge on any atom is -0.458 e. The summed E-state index contributed by atoms with van der Waals surface area (Å²) in [7, 11) is 0. The largest absolute Gasteiger partial charge is 0.458 e. The lowest BCUT2D eigenvalue weighted by Crippen LogP contribution is -2.43. The fourth-order valence-electron chi connectivity index (χ4n) is 4.36. The molecule has 3 unspecified atom stereocenters. The highest BCUT2D eigenvalue weighted by atomic mass is 16.6. The van der Waals surface area contributed by atoms with Gasteiger partial charge in [-0.2, -0.15) is 0 Å². The average Bonchev–Trinajstić information content (AvgIpc) is 3.05. The van der Waals surface area contributed by atoms with Crippen molar-refractivity contribution in [3.63, 3.8) is 0 Å². The van der Waals surface area contributed by atoms with Gasteiger partial charge in [-0.05, 0) is 25.0 Å². The van der Waals surface area contributed by atoms with Crippen LogP contribution in [0.4, 0.5) is 0 Å². The lowest BCUT2D eigenvalue weighted by molar-refractivity contribution is -0.149. The van der Waals surface area contributed by atoms with Crippen LogP contribution in [0.2, 0.25) is 0 Å². The predicted molar refractivity (Wildman–Crippen MR) is 95.2 cm³/mol. The molecule has 0 spiro atoms. The summed E-state index contributed by atoms with van der Waals surface area (Å²) in [4.78, 5) is 24.6. The Morgan fingerprint density at radius 3 is 2.78 bits per heavy atom. The average molecular weight is 376 g/mol. The highest BCUT2D eigenvalue weighted by molar-refractivity contribution is 5.92. The molecular weight excluding hydrogens is 352 g/mol. The molecule has 0 amide bonds. The molecule has 5 atom stereocenters. The molecule has 3 rings (SSSR count). The van der Waals surface area contributed by atoms with Crippen LogP contribution in [0.15, 0.2) is 47.6 Å². The van der Waals surface area contributed by atoms with E-state index < -0.39 is 54.8 Å². The summed E-state index contributed by atoms with van der Waals surface area (Å²) >= 11 is 0. The number of rotatable bonds is 4. The maximum absolute atomic E-state index is 12.4. The summed E-state index contributed by atoms with van der Waals surface area (Å²) in [5.41, 5.74) is 0.202. The molecule has 0 aromatic heterocycles. The second-order valence-corrected chi connectivity index (χ2v) is 7.30. The Hall–Kier alpha value is -2.22. The van der Waals surface area contributed by atoms with Crippen molar-refractivity contribution in [2.24, 2.45) is 11.8 Å². The Labute approximate surface area is 157 Å². The molecular formula is C20H24O7. The zero-order valence-corrected chi connectivity index (χ0v) is 15.2. The number of esters is 2. The molecule has 1 saturated heterocycles. The molecule has 1 saturated carbocycles. The van der Waals surface area contributed by atoms with Gasteiger partial charge in [-0.25, -0.2) is 9.59 Å². The van der Waals surface area contributed by atoms with E-state index in [9.17, 15) is 19.8 Å². The Morgan fingerprint density at radius 2 is 2.15 bits per heavy atom. The Morgan fingerprint density at radius 1 is 1.44 bits per heavy atom. The van der Waals surface area contributed by atoms with Gasteiger partial charge < -0.3 is 24.8 Å². The van der Waals surface area contributed by atoms with Gasteiger partial charge in [0.25, 0.3) is 0 Å². The molecule has 146 valence electrons. The van der Waals surface area contributed by atoms with Crippen molar-refractivity contribution in [3.8, 4) is 0 Å². The summed E-state index contributed by atoms with van der Waals surface area (Å²) in [5.74, 6) is -2.49. The van der Waals surface area contributed by atoms with E-state index in [0.717, 1.165) is 11.6 Å². The van der Waals surface area contributed by atoms with Crippen molar-refractivity contribution >= 4 is 11.9 Å². The van der Waals surface area contributed by atoms with Gasteiger partial charge in [-0.15, -0.1) is 0 Å². The number of hydrogen-bond acceptors (Lipinski definition) is 7. The van der Waals surface area contributed by atoms with Crippen molar-refractivity contribution in [2.45, 2.75) is 37.6 Å². The summed E-state index contributed by atoms with van der Waals surface area (Å²) in [6, 6.07) is 0. The third-order valence-electron chi connectivity index (χ3n) is 5.82. The zero-order chi connectivity index (χ0) is 19.9. The van der Waals surface area contributed by atoms with Crippen LogP contribution in [-0.4, -0.2) is 58.3 Å². The molecule has 0 aromatic carbocycles. The smallest absolute Gasteiger partial charge is 0.336 e. The Kier molecular flexibility index (Phi) is 5.12. The van der Waals surface area contributed by atoms with Gasteiger partial charge in [-0.1, -0.05) is 24.8 Å². The molecule has 1 heterocycles. The first kappa shape index (κ1) is 19.5. The van der Waals surface area contributed by atoms with E-state index in [0.29, 0.717) is 12.0 Å². The number of carbonyl (C=O) groups excluding carboxylic acids is 2. The second kappa shape index (κ2) is 7.07. The van der Waals surface area contributed by atoms with Gasteiger partial charge >= 0.3 is 11.9 Å². The predicted octanol–water partition coefficient (Wildman–Crippen LogP) is 0.564. The van der Waals surface area contributed by atoms with E-state index in [1.807, 2.05) is 13.0 Å². The molecule has 7 nitrogen and oxygen atoms in total. The Balaban J connectivity index is 1.98. The van der Waals surface area contributed by atoms with Gasteiger partial charge in [-0.3, -0.25) is 0 Å². The van der Waals surface area contributed by atoms with E-state index in [1.165, 1.54) is 0 Å². The minimum absolute atomic E-state index is 0.0882. The summed E-state index contributed by atoms with van der Waals surface area (Å²) in [6.07, 6.45) is 2.00. The lowest BCUT2D eigenvalue weighted by Gasteiger charge is -2.34. The third kappa shape index (κ3) is 3.05. The normalized spacial score (nSPS) is 35.9. The first-order valence-electron chi connectivity index (χ1n) is 8.83. The van der Waals surface area contributed by atoms with Gasteiger partial charge in [0.2, 0.25) is 0 Å². The third-order valence-corrected chi connectivity index (χ3v) is 5.82. The van der Waals surface area contributed by atoms with E-state index in [4.69, 9.17) is 14.6 Å². The number of aliphatic hydroxyl groups is 3. The van der Waals surface area contributed by atoms with Gasteiger partial charge in [0, 0.05) is 12.0 Å². The highest BCUT2D eigenvalue weighted by Crippen LogP contribution is 2.53. The van der Waals surface area contributed by atoms with Crippen LogP contribution < -0.4 is 0 Å². The number of aliphatic hydroxyl groups excluding tert-OH is 2. The van der Waals surface area contributed by atoms with Crippen LogP contribution >= 0.6 is 0 Å². The number of hydrogen-bond donors (Lipinski definition) is 3. The van der Waals surface area contributed by atoms with Crippen LogP contribution in [0.1, 0.15) is 19.8 Å². The first-order valence-corrected chi connectivity index (χ1v) is 8.83. The quantitative estimate of drug-likeness (QED) is 0.373. The summed E-state index contributed by atoms with van der Waals surface area (Å²) < 4.78 is 11.1. The summed E-state index contributed by atoms with van der Waals surface area (Å²) in [5, 5.41) is 29.5. The fourth-order valence-corrected chi connectivity index (χ4v) is 4.36. The molecule has 3 aliphatic rings. The standard InChI is InChI=1S/C20H24O7/c1-10-4-6-20(25)11(2)8-14(26-19(24)13(9-22)5-7-21)15-12(3)18(23)27-17(15)16(10)20/h4-5,14-17,21-22,25H,2-3,6-9H2,1H3/b13-5+/t14-,15?,16?,17?,20-/m1/s1. The van der Waals surface area contributed by atoms with Crippen LogP contribution in [-0.2, 0) is 19.1 Å². The van der Waals surface area contributed by atoms with Crippen molar-refractivity contribution in [3.05, 3.63) is 47.6 Å². The van der Waals surface area contributed by atoms with Crippen LogP contribution in [0.5, 0.6) is 0 Å². The van der Waals surface area contributed by atoms with Crippen molar-refractivity contribution in [2.75, 3.05) is 13.2 Å². The number of fused-ring (bicyclic) bond motifs is 3. The highest BCUT2D eigenvalue weighted by Gasteiger charge is 2.59. The summed E-state index contributed by atoms with van der Waals surface area (Å²) in [6.45, 7) is 8.66. The maximum atomic E-state index is 12.4. The molecule has 2 aliphatic carbocycles. The first-order chi connectivity index (χ1) is 12.7. The maximum Gasteiger partial charge on any atom is 0.336 e. The molecule has 2 fully saturated rings. The van der Waals surface area contributed by atoms with E-state index >= 15 is 0 Å². The van der Waals surface area contributed by atoms with Crippen molar-refractivity contribution < 1.29 is 34.4 Å². The van der Waals surface area contributed by atoms with Gasteiger partial charge in [0.15, 0.2) is 0 Å².